The van der Waals surface area contributed by atoms with Gasteiger partial charge in [0.25, 0.3) is 5.91 Å². The van der Waals surface area contributed by atoms with Crippen molar-refractivity contribution in [2.45, 2.75) is 6.04 Å². The molecule has 0 saturated heterocycles. The molecule has 3 rings (SSSR count). The number of carbonyl (C=O) groups is 3. The number of urea groups is 1. The van der Waals surface area contributed by atoms with Crippen LogP contribution in [0.25, 0.3) is 0 Å². The van der Waals surface area contributed by atoms with Crippen molar-refractivity contribution < 1.29 is 23.5 Å². The highest BCUT2D eigenvalue weighted by molar-refractivity contribution is 6.03. The molecule has 0 bridgehead atoms. The molecule has 9 heteroatoms. The van der Waals surface area contributed by atoms with Crippen molar-refractivity contribution >= 4 is 17.8 Å². The maximum absolute atomic E-state index is 13.7. The summed E-state index contributed by atoms with van der Waals surface area (Å²) in [5.74, 6) is -1.16. The Morgan fingerprint density at radius 3 is 2.93 bits per heavy atom. The lowest BCUT2D eigenvalue weighted by Crippen LogP contribution is -2.47. The zero-order valence-electron chi connectivity index (χ0n) is 16.1. The van der Waals surface area contributed by atoms with E-state index in [2.05, 4.69) is 17.2 Å². The Balaban J connectivity index is 1.87. The molecule has 2 aliphatic rings. The average Bonchev–Trinajstić information content (AvgIpc) is 3.00. The molecule has 1 atom stereocenters. The fourth-order valence-electron chi connectivity index (χ4n) is 3.46. The summed E-state index contributed by atoms with van der Waals surface area (Å²) < 4.78 is 18.6. The third-order valence-corrected chi connectivity index (χ3v) is 4.75. The van der Waals surface area contributed by atoms with Crippen molar-refractivity contribution in [2.75, 3.05) is 39.9 Å². The summed E-state index contributed by atoms with van der Waals surface area (Å²) in [6.07, 6.45) is 1.55. The molecule has 2 aliphatic heterocycles. The molecule has 1 aromatic rings. The van der Waals surface area contributed by atoms with Gasteiger partial charge in [-0.3, -0.25) is 14.5 Å². The van der Waals surface area contributed by atoms with E-state index in [0.717, 1.165) is 0 Å². The summed E-state index contributed by atoms with van der Waals surface area (Å²) in [4.78, 5) is 40.7. The Morgan fingerprint density at radius 2 is 2.24 bits per heavy atom. The molecular weight excluding hydrogens is 379 g/mol. The molecule has 0 fully saturated rings. The third-order valence-electron chi connectivity index (χ3n) is 4.75. The lowest BCUT2D eigenvalue weighted by atomic mass is 9.95. The van der Waals surface area contributed by atoms with Crippen LogP contribution in [0.1, 0.15) is 11.6 Å². The molecule has 0 unspecified atom stereocenters. The van der Waals surface area contributed by atoms with Gasteiger partial charge in [0.2, 0.25) is 5.91 Å². The van der Waals surface area contributed by atoms with Crippen LogP contribution in [-0.2, 0) is 14.3 Å². The second-order valence-corrected chi connectivity index (χ2v) is 6.70. The smallest absolute Gasteiger partial charge is 0.322 e. The molecule has 0 spiro atoms. The monoisotopic (exact) mass is 402 g/mol. The van der Waals surface area contributed by atoms with Crippen LogP contribution in [0.5, 0.6) is 0 Å². The van der Waals surface area contributed by atoms with E-state index in [0.29, 0.717) is 30.0 Å². The number of ether oxygens (including phenoxy) is 1. The number of nitrogens with one attached hydrogen (secondary N) is 2. The van der Waals surface area contributed by atoms with Crippen molar-refractivity contribution in [3.05, 3.63) is 59.6 Å². The minimum atomic E-state index is -0.789. The molecule has 0 saturated carbocycles. The van der Waals surface area contributed by atoms with Crippen LogP contribution in [0.4, 0.5) is 9.18 Å². The van der Waals surface area contributed by atoms with Crippen molar-refractivity contribution in [1.29, 1.82) is 0 Å². The Kier molecular flexibility index (Phi) is 6.28. The molecule has 0 aromatic heterocycles. The second-order valence-electron chi connectivity index (χ2n) is 6.70. The van der Waals surface area contributed by atoms with E-state index >= 15 is 0 Å². The Morgan fingerprint density at radius 1 is 1.45 bits per heavy atom. The van der Waals surface area contributed by atoms with Crippen LogP contribution in [0.3, 0.4) is 0 Å². The Labute approximate surface area is 168 Å². The number of methoxy groups -OCH3 is 1. The average molecular weight is 402 g/mol. The summed E-state index contributed by atoms with van der Waals surface area (Å²) in [6, 6.07) is 4.55. The number of halogens is 1. The van der Waals surface area contributed by atoms with E-state index in [9.17, 15) is 18.8 Å². The first-order valence-electron chi connectivity index (χ1n) is 9.18. The SMILES string of the molecule is C=CCN1C(=O)N[C@H](c2cccc(F)c2)C2=C1CN(CC(=O)NCCOC)C2=O. The number of rotatable bonds is 8. The van der Waals surface area contributed by atoms with Gasteiger partial charge < -0.3 is 20.3 Å². The molecule has 29 heavy (non-hydrogen) atoms. The maximum atomic E-state index is 13.7. The third kappa shape index (κ3) is 4.29. The normalized spacial score (nSPS) is 18.6. The number of amides is 4. The van der Waals surface area contributed by atoms with Gasteiger partial charge in [0.1, 0.15) is 12.4 Å². The molecule has 2 heterocycles. The lowest BCUT2D eigenvalue weighted by Gasteiger charge is -2.33. The number of hydrogen-bond acceptors (Lipinski definition) is 4. The van der Waals surface area contributed by atoms with Gasteiger partial charge in [-0.1, -0.05) is 18.2 Å². The van der Waals surface area contributed by atoms with Crippen molar-refractivity contribution in [3.63, 3.8) is 0 Å². The highest BCUT2D eigenvalue weighted by atomic mass is 19.1. The molecule has 2 N–H and O–H groups in total. The van der Waals surface area contributed by atoms with Crippen molar-refractivity contribution in [1.82, 2.24) is 20.4 Å². The van der Waals surface area contributed by atoms with Gasteiger partial charge in [-0.15, -0.1) is 6.58 Å². The topological polar surface area (TPSA) is 91.0 Å². The van der Waals surface area contributed by atoms with Crippen LogP contribution < -0.4 is 10.6 Å². The fourth-order valence-corrected chi connectivity index (χ4v) is 3.46. The minimum absolute atomic E-state index is 0.110. The first-order chi connectivity index (χ1) is 14.0. The quantitative estimate of drug-likeness (QED) is 0.500. The first-order valence-corrected chi connectivity index (χ1v) is 9.18. The summed E-state index contributed by atoms with van der Waals surface area (Å²) in [5.41, 5.74) is 1.29. The summed E-state index contributed by atoms with van der Waals surface area (Å²) in [6.45, 7) is 4.52. The number of hydrogen-bond donors (Lipinski definition) is 2. The van der Waals surface area contributed by atoms with E-state index in [-0.39, 0.29) is 31.4 Å². The van der Waals surface area contributed by atoms with Gasteiger partial charge in [-0.05, 0) is 17.7 Å². The highest BCUT2D eigenvalue weighted by Crippen LogP contribution is 2.36. The lowest BCUT2D eigenvalue weighted by molar-refractivity contribution is -0.132. The van der Waals surface area contributed by atoms with Crippen LogP contribution in [0.2, 0.25) is 0 Å². The molecule has 1 aromatic carbocycles. The number of carbonyl (C=O) groups excluding carboxylic acids is 3. The largest absolute Gasteiger partial charge is 0.383 e. The van der Waals surface area contributed by atoms with Crippen LogP contribution >= 0.6 is 0 Å². The van der Waals surface area contributed by atoms with E-state index < -0.39 is 17.9 Å². The zero-order chi connectivity index (χ0) is 21.0. The van der Waals surface area contributed by atoms with Gasteiger partial charge >= 0.3 is 6.03 Å². The van der Waals surface area contributed by atoms with Crippen LogP contribution in [-0.4, -0.2) is 67.5 Å². The van der Waals surface area contributed by atoms with Gasteiger partial charge in [-0.25, -0.2) is 9.18 Å². The predicted molar refractivity (Wildman–Crippen MR) is 103 cm³/mol. The second kappa shape index (κ2) is 8.87. The number of benzene rings is 1. The highest BCUT2D eigenvalue weighted by Gasteiger charge is 2.44. The Bertz CT molecular complexity index is 870. The van der Waals surface area contributed by atoms with E-state index in [1.807, 2.05) is 0 Å². The zero-order valence-corrected chi connectivity index (χ0v) is 16.1. The van der Waals surface area contributed by atoms with Gasteiger partial charge in [-0.2, -0.15) is 0 Å². The number of nitrogens with zero attached hydrogens (tertiary/aromatic N) is 2. The van der Waals surface area contributed by atoms with E-state index in [1.54, 1.807) is 12.1 Å². The van der Waals surface area contributed by atoms with Gasteiger partial charge in [0, 0.05) is 20.2 Å². The molecule has 4 amide bonds. The summed E-state index contributed by atoms with van der Waals surface area (Å²) in [7, 11) is 1.53. The molecule has 154 valence electrons. The molecular formula is C20H23FN4O4. The standard InChI is InChI=1S/C20H23FN4O4/c1-3-8-25-15-11-24(12-16(26)22-7-9-29-2)19(27)17(15)18(23-20(25)28)13-5-4-6-14(21)10-13/h3-6,10,18H,1,7-9,11-12H2,2H3,(H,22,26)(H,23,28)/t18-/m1/s1. The maximum Gasteiger partial charge on any atom is 0.322 e. The predicted octanol–water partition coefficient (Wildman–Crippen LogP) is 0.937. The van der Waals surface area contributed by atoms with Gasteiger partial charge in [0.15, 0.2) is 0 Å². The van der Waals surface area contributed by atoms with Crippen molar-refractivity contribution in [2.24, 2.45) is 0 Å². The molecule has 0 aliphatic carbocycles. The van der Waals surface area contributed by atoms with Gasteiger partial charge in [0.05, 0.1) is 30.5 Å². The van der Waals surface area contributed by atoms with Crippen LogP contribution in [0, 0.1) is 5.82 Å². The van der Waals surface area contributed by atoms with Crippen molar-refractivity contribution in [3.8, 4) is 0 Å². The van der Waals surface area contributed by atoms with E-state index in [1.165, 1.54) is 35.1 Å². The molecule has 8 nitrogen and oxygen atoms in total. The first kappa shape index (κ1) is 20.5. The molecule has 0 radical (unpaired) electrons. The summed E-state index contributed by atoms with van der Waals surface area (Å²) in [5, 5.41) is 5.43. The fraction of sp³-hybridized carbons (Fsp3) is 0.350. The van der Waals surface area contributed by atoms with E-state index in [4.69, 9.17) is 4.74 Å². The Hall–Kier alpha value is -3.20. The van der Waals surface area contributed by atoms with Crippen LogP contribution in [0.15, 0.2) is 48.2 Å². The summed E-state index contributed by atoms with van der Waals surface area (Å²) >= 11 is 0. The minimum Gasteiger partial charge on any atom is -0.383 e.